The molecule has 3 atom stereocenters. The Labute approximate surface area is 205 Å². The molecule has 0 heterocycles. The molecule has 0 spiro atoms. The standard InChI is InChI=1S/C22H30BrF3O7S/c1-12(2)7-8-20(28)15-11-17(33-34(30,31)22(24,25)26)16(23)10-14(15)9-13(3)21(20,29)18(27)32-19(4,5)6/h10-13,28-29H,7-9H2,1-6H3/t13-,20+,21-/m0/s1. The van der Waals surface area contributed by atoms with Gasteiger partial charge in [0, 0.05) is 5.92 Å². The molecule has 1 aromatic rings. The zero-order chi connectivity index (χ0) is 26.5. The fourth-order valence-electron chi connectivity index (χ4n) is 4.02. The van der Waals surface area contributed by atoms with E-state index in [1.54, 1.807) is 27.7 Å². The number of carbonyl (C=O) groups excluding carboxylic acids is 1. The molecule has 1 aliphatic rings. The lowest BCUT2D eigenvalue weighted by atomic mass is 9.61. The van der Waals surface area contributed by atoms with Crippen molar-refractivity contribution in [3.05, 3.63) is 27.7 Å². The summed E-state index contributed by atoms with van der Waals surface area (Å²) in [4.78, 5) is 13.2. The first-order valence-corrected chi connectivity index (χ1v) is 12.9. The second kappa shape index (κ2) is 9.25. The van der Waals surface area contributed by atoms with Crippen molar-refractivity contribution in [1.29, 1.82) is 0 Å². The number of alkyl halides is 3. The number of hydrogen-bond acceptors (Lipinski definition) is 7. The highest BCUT2D eigenvalue weighted by molar-refractivity contribution is 9.10. The molecule has 194 valence electrons. The summed E-state index contributed by atoms with van der Waals surface area (Å²) in [6.07, 6.45) is 0.242. The highest BCUT2D eigenvalue weighted by Gasteiger charge is 2.63. The molecule has 0 saturated heterocycles. The van der Waals surface area contributed by atoms with E-state index < -0.39 is 50.1 Å². The summed E-state index contributed by atoms with van der Waals surface area (Å²) in [6.45, 7) is 10.0. The van der Waals surface area contributed by atoms with Gasteiger partial charge < -0.3 is 19.1 Å². The maximum Gasteiger partial charge on any atom is 0.534 e. The van der Waals surface area contributed by atoms with E-state index in [0.717, 1.165) is 6.07 Å². The number of ether oxygens (including phenoxy) is 1. The zero-order valence-electron chi connectivity index (χ0n) is 19.8. The molecule has 0 amide bonds. The van der Waals surface area contributed by atoms with Gasteiger partial charge in [0.15, 0.2) is 11.4 Å². The van der Waals surface area contributed by atoms with Crippen LogP contribution in [-0.2, 0) is 31.7 Å². The van der Waals surface area contributed by atoms with Crippen molar-refractivity contribution in [3.63, 3.8) is 0 Å². The Hall–Kier alpha value is -1.37. The summed E-state index contributed by atoms with van der Waals surface area (Å²) < 4.78 is 71.6. The monoisotopic (exact) mass is 574 g/mol. The number of carbonyl (C=O) groups is 1. The summed E-state index contributed by atoms with van der Waals surface area (Å²) in [7, 11) is -6.01. The summed E-state index contributed by atoms with van der Waals surface area (Å²) in [5, 5.41) is 23.6. The number of esters is 1. The maximum absolute atomic E-state index is 13.2. The predicted octanol–water partition coefficient (Wildman–Crippen LogP) is 4.57. The van der Waals surface area contributed by atoms with E-state index in [4.69, 9.17) is 4.74 Å². The molecule has 12 heteroatoms. The van der Waals surface area contributed by atoms with E-state index in [9.17, 15) is 36.6 Å². The average molecular weight is 575 g/mol. The minimum atomic E-state index is -6.01. The highest BCUT2D eigenvalue weighted by Crippen LogP contribution is 2.52. The van der Waals surface area contributed by atoms with Crippen LogP contribution in [0.15, 0.2) is 16.6 Å². The largest absolute Gasteiger partial charge is 0.534 e. The summed E-state index contributed by atoms with van der Waals surface area (Å²) >= 11 is 3.02. The lowest BCUT2D eigenvalue weighted by molar-refractivity contribution is -0.229. The molecule has 0 fully saturated rings. The first-order valence-electron chi connectivity index (χ1n) is 10.7. The number of fused-ring (bicyclic) bond motifs is 1. The third-order valence-electron chi connectivity index (χ3n) is 5.75. The molecule has 7 nitrogen and oxygen atoms in total. The molecule has 0 unspecified atom stereocenters. The van der Waals surface area contributed by atoms with Crippen molar-refractivity contribution in [1.82, 2.24) is 0 Å². The molecule has 0 bridgehead atoms. The fourth-order valence-corrected chi connectivity index (χ4v) is 5.06. The third kappa shape index (κ3) is 5.39. The van der Waals surface area contributed by atoms with Crippen molar-refractivity contribution < 1.29 is 45.5 Å². The van der Waals surface area contributed by atoms with Crippen molar-refractivity contribution in [2.45, 2.75) is 83.1 Å². The van der Waals surface area contributed by atoms with E-state index in [2.05, 4.69) is 20.1 Å². The number of aliphatic hydroxyl groups is 2. The van der Waals surface area contributed by atoms with Crippen molar-refractivity contribution in [2.24, 2.45) is 11.8 Å². The summed E-state index contributed by atoms with van der Waals surface area (Å²) in [5.41, 5.74) is -11.1. The van der Waals surface area contributed by atoms with Crippen molar-refractivity contribution >= 4 is 32.0 Å². The quantitative estimate of drug-likeness (QED) is 0.291. The minimum absolute atomic E-state index is 0.0318. The first kappa shape index (κ1) is 28.9. The SMILES string of the molecule is CC(C)CC[C@@]1(O)c2cc(OS(=O)(=O)C(F)(F)F)c(Br)cc2C[C@H](C)[C@]1(O)C(=O)OC(C)(C)C. The van der Waals surface area contributed by atoms with Crippen LogP contribution in [0.4, 0.5) is 13.2 Å². The molecule has 0 aliphatic heterocycles. The molecule has 1 aromatic carbocycles. The number of benzene rings is 1. The molecular formula is C22H30BrF3O7S. The van der Waals surface area contributed by atoms with Gasteiger partial charge in [-0.15, -0.1) is 0 Å². The van der Waals surface area contributed by atoms with Gasteiger partial charge in [0.2, 0.25) is 0 Å². The normalized spacial score (nSPS) is 25.7. The van der Waals surface area contributed by atoms with Crippen LogP contribution in [0.1, 0.15) is 65.5 Å². The van der Waals surface area contributed by atoms with Crippen LogP contribution in [-0.4, -0.2) is 41.3 Å². The zero-order valence-corrected chi connectivity index (χ0v) is 22.2. The smallest absolute Gasteiger partial charge is 0.458 e. The number of halogens is 4. The van der Waals surface area contributed by atoms with Gasteiger partial charge >= 0.3 is 21.6 Å². The Bertz CT molecular complexity index is 1050. The maximum atomic E-state index is 13.2. The summed E-state index contributed by atoms with van der Waals surface area (Å²) in [6, 6.07) is 2.24. The molecule has 0 radical (unpaired) electrons. The molecule has 0 aromatic heterocycles. The van der Waals surface area contributed by atoms with Crippen LogP contribution in [0.5, 0.6) is 5.75 Å². The summed E-state index contributed by atoms with van der Waals surface area (Å²) in [5.74, 6) is -2.63. The minimum Gasteiger partial charge on any atom is -0.458 e. The average Bonchev–Trinajstić information content (AvgIpc) is 2.63. The Kier molecular flexibility index (Phi) is 7.86. The lowest BCUT2D eigenvalue weighted by Gasteiger charge is -2.50. The molecule has 2 N–H and O–H groups in total. The highest BCUT2D eigenvalue weighted by atomic mass is 79.9. The van der Waals surface area contributed by atoms with E-state index >= 15 is 0 Å². The molecule has 2 rings (SSSR count). The van der Waals surface area contributed by atoms with Crippen LogP contribution in [0.3, 0.4) is 0 Å². The molecule has 34 heavy (non-hydrogen) atoms. The van der Waals surface area contributed by atoms with Crippen LogP contribution in [0.2, 0.25) is 0 Å². The lowest BCUT2D eigenvalue weighted by Crippen LogP contribution is -2.65. The van der Waals surface area contributed by atoms with E-state index in [1.807, 2.05) is 13.8 Å². The van der Waals surface area contributed by atoms with Crippen LogP contribution < -0.4 is 4.18 Å². The van der Waals surface area contributed by atoms with Gasteiger partial charge in [-0.05, 0) is 85.1 Å². The third-order valence-corrected chi connectivity index (χ3v) is 7.34. The Morgan fingerprint density at radius 2 is 1.79 bits per heavy atom. The van der Waals surface area contributed by atoms with Gasteiger partial charge in [0.1, 0.15) is 11.2 Å². The van der Waals surface area contributed by atoms with Gasteiger partial charge in [-0.1, -0.05) is 20.8 Å². The molecule has 1 aliphatic carbocycles. The predicted molar refractivity (Wildman–Crippen MR) is 121 cm³/mol. The van der Waals surface area contributed by atoms with Gasteiger partial charge in [0.25, 0.3) is 0 Å². The van der Waals surface area contributed by atoms with Gasteiger partial charge in [-0.25, -0.2) is 4.79 Å². The van der Waals surface area contributed by atoms with Gasteiger partial charge in [-0.2, -0.15) is 21.6 Å². The van der Waals surface area contributed by atoms with Crippen LogP contribution >= 0.6 is 15.9 Å². The van der Waals surface area contributed by atoms with E-state index in [1.165, 1.54) is 6.07 Å². The van der Waals surface area contributed by atoms with Crippen molar-refractivity contribution in [2.75, 3.05) is 0 Å². The second-order valence-corrected chi connectivity index (χ2v) is 12.5. The van der Waals surface area contributed by atoms with Gasteiger partial charge in [0.05, 0.1) is 4.47 Å². The second-order valence-electron chi connectivity index (χ2n) is 10.1. The fraction of sp³-hybridized carbons (Fsp3) is 0.682. The van der Waals surface area contributed by atoms with E-state index in [0.29, 0.717) is 12.0 Å². The van der Waals surface area contributed by atoms with E-state index in [-0.39, 0.29) is 28.8 Å². The first-order chi connectivity index (χ1) is 15.2. The molecule has 0 saturated carbocycles. The van der Waals surface area contributed by atoms with Crippen molar-refractivity contribution in [3.8, 4) is 5.75 Å². The Morgan fingerprint density at radius 1 is 1.24 bits per heavy atom. The van der Waals surface area contributed by atoms with Crippen LogP contribution in [0.25, 0.3) is 0 Å². The topological polar surface area (TPSA) is 110 Å². The molecular weight excluding hydrogens is 545 g/mol. The Morgan fingerprint density at radius 3 is 2.26 bits per heavy atom. The van der Waals surface area contributed by atoms with Crippen LogP contribution in [0, 0.1) is 11.8 Å². The number of rotatable bonds is 6. The van der Waals surface area contributed by atoms with Gasteiger partial charge in [-0.3, -0.25) is 0 Å². The number of hydrogen-bond donors (Lipinski definition) is 2. The Balaban J connectivity index is 2.75.